The van der Waals surface area contributed by atoms with Gasteiger partial charge >= 0.3 is 5.97 Å². The molecule has 0 amide bonds. The van der Waals surface area contributed by atoms with E-state index in [0.717, 1.165) is 35.8 Å². The van der Waals surface area contributed by atoms with Gasteiger partial charge in [-0.1, -0.05) is 23.9 Å². The lowest BCUT2D eigenvalue weighted by Crippen LogP contribution is -2.24. The predicted octanol–water partition coefficient (Wildman–Crippen LogP) is 4.04. The number of carbonyl (C=O) groups is 1. The molecular formula is C22H30N2O4S. The number of allylic oxidation sites excluding steroid dienone is 4. The molecule has 29 heavy (non-hydrogen) atoms. The number of esters is 1. The zero-order valence-electron chi connectivity index (χ0n) is 17.5. The van der Waals surface area contributed by atoms with Crippen molar-refractivity contribution in [3.63, 3.8) is 0 Å². The quantitative estimate of drug-likeness (QED) is 0.303. The van der Waals surface area contributed by atoms with Gasteiger partial charge in [0.25, 0.3) is 0 Å². The Morgan fingerprint density at radius 1 is 1.34 bits per heavy atom. The lowest BCUT2D eigenvalue weighted by molar-refractivity contribution is -0.143. The minimum Gasteiger partial charge on any atom is -0.494 e. The van der Waals surface area contributed by atoms with Crippen molar-refractivity contribution < 1.29 is 19.1 Å². The SMILES string of the molecule is CCN=C1SC(C=C2C=CC(OCCCCC(=O)OCC)=CC2)C(=C=O)N1CC. The van der Waals surface area contributed by atoms with Gasteiger partial charge in [0.15, 0.2) is 5.17 Å². The van der Waals surface area contributed by atoms with Crippen LogP contribution in [0.5, 0.6) is 0 Å². The summed E-state index contributed by atoms with van der Waals surface area (Å²) in [5.41, 5.74) is 1.77. The molecule has 0 bridgehead atoms. The molecule has 1 aliphatic carbocycles. The predicted molar refractivity (Wildman–Crippen MR) is 117 cm³/mol. The maximum Gasteiger partial charge on any atom is 0.305 e. The summed E-state index contributed by atoms with van der Waals surface area (Å²) >= 11 is 1.60. The van der Waals surface area contributed by atoms with E-state index in [1.165, 1.54) is 0 Å². The van der Waals surface area contributed by atoms with Crippen LogP contribution < -0.4 is 0 Å². The number of rotatable bonds is 10. The van der Waals surface area contributed by atoms with Crippen molar-refractivity contribution in [2.24, 2.45) is 4.99 Å². The van der Waals surface area contributed by atoms with Crippen molar-refractivity contribution in [2.75, 3.05) is 26.3 Å². The van der Waals surface area contributed by atoms with Gasteiger partial charge < -0.3 is 14.4 Å². The van der Waals surface area contributed by atoms with E-state index in [1.54, 1.807) is 11.8 Å². The van der Waals surface area contributed by atoms with Crippen LogP contribution in [0.2, 0.25) is 0 Å². The Labute approximate surface area is 177 Å². The maximum absolute atomic E-state index is 11.5. The molecule has 0 aromatic heterocycles. The monoisotopic (exact) mass is 418 g/mol. The highest BCUT2D eigenvalue weighted by atomic mass is 32.2. The third-order valence-corrected chi connectivity index (χ3v) is 5.63. The summed E-state index contributed by atoms with van der Waals surface area (Å²) < 4.78 is 10.7. The minimum atomic E-state index is -0.152. The van der Waals surface area contributed by atoms with E-state index >= 15 is 0 Å². The molecule has 1 heterocycles. The summed E-state index contributed by atoms with van der Waals surface area (Å²) in [5.74, 6) is 2.79. The van der Waals surface area contributed by atoms with E-state index in [0.29, 0.717) is 38.4 Å². The van der Waals surface area contributed by atoms with Gasteiger partial charge in [-0.05, 0) is 57.8 Å². The molecule has 7 heteroatoms. The number of ether oxygens (including phenoxy) is 2. The smallest absolute Gasteiger partial charge is 0.305 e. The molecule has 0 saturated carbocycles. The molecule has 1 fully saturated rings. The highest BCUT2D eigenvalue weighted by molar-refractivity contribution is 8.15. The third-order valence-electron chi connectivity index (χ3n) is 4.45. The maximum atomic E-state index is 11.5. The van der Waals surface area contributed by atoms with E-state index < -0.39 is 0 Å². The number of thioether (sulfide) groups is 1. The van der Waals surface area contributed by atoms with Crippen molar-refractivity contribution in [3.8, 4) is 0 Å². The summed E-state index contributed by atoms with van der Waals surface area (Å²) in [4.78, 5) is 29.2. The first-order valence-electron chi connectivity index (χ1n) is 10.2. The molecule has 158 valence electrons. The lowest BCUT2D eigenvalue weighted by Gasteiger charge is -2.15. The fraction of sp³-hybridized carbons (Fsp3) is 0.545. The van der Waals surface area contributed by atoms with E-state index in [-0.39, 0.29) is 11.2 Å². The van der Waals surface area contributed by atoms with Crippen molar-refractivity contribution >= 4 is 28.8 Å². The Morgan fingerprint density at radius 2 is 2.17 bits per heavy atom. The van der Waals surface area contributed by atoms with Crippen molar-refractivity contribution in [1.29, 1.82) is 0 Å². The van der Waals surface area contributed by atoms with Crippen molar-refractivity contribution in [1.82, 2.24) is 4.90 Å². The van der Waals surface area contributed by atoms with E-state index in [9.17, 15) is 9.59 Å². The van der Waals surface area contributed by atoms with Crippen LogP contribution in [0, 0.1) is 0 Å². The second-order valence-corrected chi connectivity index (χ2v) is 7.63. The molecule has 1 atom stereocenters. The number of hydrogen-bond acceptors (Lipinski definition) is 6. The summed E-state index contributed by atoms with van der Waals surface area (Å²) in [6.07, 6.45) is 10.9. The van der Waals surface area contributed by atoms with Gasteiger partial charge in [-0.3, -0.25) is 9.79 Å². The van der Waals surface area contributed by atoms with Crippen molar-refractivity contribution in [2.45, 2.75) is 51.7 Å². The van der Waals surface area contributed by atoms with Crippen LogP contribution in [0.15, 0.2) is 46.3 Å². The van der Waals surface area contributed by atoms with E-state index in [1.807, 2.05) is 43.9 Å². The largest absolute Gasteiger partial charge is 0.494 e. The summed E-state index contributed by atoms with van der Waals surface area (Å²) in [7, 11) is 0. The van der Waals surface area contributed by atoms with Crippen LogP contribution in [0.4, 0.5) is 0 Å². The first-order chi connectivity index (χ1) is 14.1. The van der Waals surface area contributed by atoms with Crippen LogP contribution in [0.3, 0.4) is 0 Å². The minimum absolute atomic E-state index is 0.0591. The summed E-state index contributed by atoms with van der Waals surface area (Å²) in [6.45, 7) is 8.22. The van der Waals surface area contributed by atoms with Gasteiger partial charge in [-0.2, -0.15) is 0 Å². The van der Waals surface area contributed by atoms with Crippen LogP contribution in [-0.2, 0) is 19.1 Å². The van der Waals surface area contributed by atoms with E-state index in [2.05, 4.69) is 17.0 Å². The molecule has 0 spiro atoms. The van der Waals surface area contributed by atoms with Gasteiger partial charge in [0.1, 0.15) is 17.4 Å². The van der Waals surface area contributed by atoms with Crippen LogP contribution in [0.25, 0.3) is 0 Å². The standard InChI is InChI=1S/C22H30N2O4S/c1-4-23-22-24(5-2)19(16-25)20(29-22)15-17-10-12-18(13-11-17)28-14-8-7-9-21(26)27-6-3/h10,12-13,15,20H,4-9,11,14H2,1-3H3. The summed E-state index contributed by atoms with van der Waals surface area (Å²) in [5, 5.41) is 0.827. The zero-order chi connectivity index (χ0) is 21.1. The van der Waals surface area contributed by atoms with Crippen LogP contribution in [0.1, 0.15) is 46.5 Å². The third kappa shape index (κ3) is 6.94. The Balaban J connectivity index is 1.83. The fourth-order valence-corrected chi connectivity index (χ4v) is 4.36. The second kappa shape index (κ2) is 12.3. The first-order valence-corrected chi connectivity index (χ1v) is 11.1. The lowest BCUT2D eigenvalue weighted by atomic mass is 10.0. The topological polar surface area (TPSA) is 68.2 Å². The Hall–Kier alpha value is -2.24. The second-order valence-electron chi connectivity index (χ2n) is 6.52. The fourth-order valence-electron chi connectivity index (χ4n) is 3.04. The molecular weight excluding hydrogens is 388 g/mol. The molecule has 0 radical (unpaired) electrons. The summed E-state index contributed by atoms with van der Waals surface area (Å²) in [6, 6.07) is 0. The molecule has 0 aromatic rings. The number of unbranched alkanes of at least 4 members (excludes halogenated alkanes) is 1. The highest BCUT2D eigenvalue weighted by Gasteiger charge is 2.33. The Kier molecular flexibility index (Phi) is 9.81. The van der Waals surface area contributed by atoms with Gasteiger partial charge in [0, 0.05) is 19.5 Å². The number of amidine groups is 1. The molecule has 2 rings (SSSR count). The molecule has 2 aliphatic rings. The zero-order valence-corrected chi connectivity index (χ0v) is 18.3. The normalized spacial score (nSPS) is 21.5. The van der Waals surface area contributed by atoms with Gasteiger partial charge in [0.05, 0.1) is 18.5 Å². The Morgan fingerprint density at radius 3 is 2.79 bits per heavy atom. The molecule has 1 saturated heterocycles. The molecule has 0 aromatic carbocycles. The number of hydrogen-bond donors (Lipinski definition) is 0. The van der Waals surface area contributed by atoms with Gasteiger partial charge in [-0.25, -0.2) is 4.79 Å². The number of carbonyl (C=O) groups excluding carboxylic acids is 2. The molecule has 0 N–H and O–H groups in total. The Bertz CT molecular complexity index is 748. The number of nitrogens with zero attached hydrogens (tertiary/aromatic N) is 2. The van der Waals surface area contributed by atoms with Crippen LogP contribution >= 0.6 is 11.8 Å². The average molecular weight is 419 g/mol. The van der Waals surface area contributed by atoms with Crippen molar-refractivity contribution in [3.05, 3.63) is 41.3 Å². The highest BCUT2D eigenvalue weighted by Crippen LogP contribution is 2.35. The first kappa shape index (κ1) is 23.0. The van der Waals surface area contributed by atoms with Gasteiger partial charge in [0.2, 0.25) is 0 Å². The van der Waals surface area contributed by atoms with E-state index in [4.69, 9.17) is 9.47 Å². The molecule has 6 nitrogen and oxygen atoms in total. The van der Waals surface area contributed by atoms with Crippen LogP contribution in [-0.4, -0.2) is 53.5 Å². The molecule has 1 unspecified atom stereocenters. The molecule has 1 aliphatic heterocycles. The average Bonchev–Trinajstić information content (AvgIpc) is 3.05. The number of aliphatic imine (C=N–C) groups is 1. The van der Waals surface area contributed by atoms with Gasteiger partial charge in [-0.15, -0.1) is 0 Å².